The molecule has 1 unspecified atom stereocenters. The molecule has 4 aromatic carbocycles. The summed E-state index contributed by atoms with van der Waals surface area (Å²) in [5, 5.41) is 2.93. The first-order valence-electron chi connectivity index (χ1n) is 14.2. The number of rotatable bonds is 13. The Labute approximate surface area is 258 Å². The Hall–Kier alpha value is -4.70. The van der Waals surface area contributed by atoms with E-state index in [0.717, 1.165) is 34.1 Å². The second kappa shape index (κ2) is 14.7. The van der Waals surface area contributed by atoms with E-state index in [1.807, 2.05) is 50.2 Å². The molecular formula is C34H36FN3O5S. The van der Waals surface area contributed by atoms with Gasteiger partial charge in [-0.2, -0.15) is 0 Å². The van der Waals surface area contributed by atoms with Crippen molar-refractivity contribution in [2.75, 3.05) is 18.0 Å². The number of hydrogen-bond donors (Lipinski definition) is 1. The van der Waals surface area contributed by atoms with Crippen molar-refractivity contribution < 1.29 is 27.1 Å². The highest BCUT2D eigenvalue weighted by atomic mass is 32.2. The Balaban J connectivity index is 1.79. The molecule has 1 N–H and O–H groups in total. The van der Waals surface area contributed by atoms with E-state index < -0.39 is 34.3 Å². The van der Waals surface area contributed by atoms with Crippen molar-refractivity contribution in [3.05, 3.63) is 126 Å². The molecule has 230 valence electrons. The number of methoxy groups -OCH3 is 1. The lowest BCUT2D eigenvalue weighted by Crippen LogP contribution is -2.54. The van der Waals surface area contributed by atoms with E-state index in [2.05, 4.69) is 5.32 Å². The summed E-state index contributed by atoms with van der Waals surface area (Å²) in [5.74, 6) is -0.975. The van der Waals surface area contributed by atoms with Crippen molar-refractivity contribution in [3.8, 4) is 5.75 Å². The largest absolute Gasteiger partial charge is 0.497 e. The van der Waals surface area contributed by atoms with Gasteiger partial charge in [0.25, 0.3) is 10.0 Å². The van der Waals surface area contributed by atoms with Gasteiger partial charge >= 0.3 is 0 Å². The highest BCUT2D eigenvalue weighted by Gasteiger charge is 2.34. The van der Waals surface area contributed by atoms with E-state index in [1.165, 1.54) is 12.0 Å². The summed E-state index contributed by atoms with van der Waals surface area (Å²) in [5.41, 5.74) is 1.78. The maximum Gasteiger partial charge on any atom is 0.264 e. The number of ether oxygens (including phenoxy) is 1. The van der Waals surface area contributed by atoms with Crippen LogP contribution in [0.2, 0.25) is 0 Å². The molecule has 0 saturated carbocycles. The Kier molecular flexibility index (Phi) is 10.7. The number of carbonyl (C=O) groups excluding carboxylic acids is 2. The predicted octanol–water partition coefficient (Wildman–Crippen LogP) is 5.19. The summed E-state index contributed by atoms with van der Waals surface area (Å²) in [6, 6.07) is 27.9. The molecule has 0 spiro atoms. The van der Waals surface area contributed by atoms with Crippen LogP contribution in [0.4, 0.5) is 10.1 Å². The second-order valence-corrected chi connectivity index (χ2v) is 12.4. The van der Waals surface area contributed by atoms with Gasteiger partial charge in [0.1, 0.15) is 24.2 Å². The van der Waals surface area contributed by atoms with E-state index in [-0.39, 0.29) is 35.5 Å². The summed E-state index contributed by atoms with van der Waals surface area (Å²) in [4.78, 5) is 29.4. The Morgan fingerprint density at radius 2 is 1.45 bits per heavy atom. The molecule has 4 aromatic rings. The van der Waals surface area contributed by atoms with Crippen molar-refractivity contribution in [1.29, 1.82) is 0 Å². The number of para-hydroxylation sites is 1. The first-order valence-corrected chi connectivity index (χ1v) is 15.6. The molecule has 0 radical (unpaired) electrons. The summed E-state index contributed by atoms with van der Waals surface area (Å²) in [7, 11) is -2.77. The third kappa shape index (κ3) is 8.23. The second-order valence-electron chi connectivity index (χ2n) is 10.5. The van der Waals surface area contributed by atoms with Gasteiger partial charge in [-0.1, -0.05) is 60.7 Å². The van der Waals surface area contributed by atoms with Gasteiger partial charge in [0.2, 0.25) is 11.8 Å². The monoisotopic (exact) mass is 617 g/mol. The minimum absolute atomic E-state index is 0.0122. The van der Waals surface area contributed by atoms with Crippen molar-refractivity contribution in [2.45, 2.75) is 43.8 Å². The Morgan fingerprint density at radius 3 is 2.07 bits per heavy atom. The molecule has 0 aliphatic carbocycles. The number of hydrogen-bond acceptors (Lipinski definition) is 5. The zero-order chi connectivity index (χ0) is 31.7. The van der Waals surface area contributed by atoms with E-state index in [9.17, 15) is 22.4 Å². The zero-order valence-electron chi connectivity index (χ0n) is 24.9. The molecule has 0 bridgehead atoms. The average Bonchev–Trinajstić information content (AvgIpc) is 3.02. The normalized spacial score (nSPS) is 11.9. The van der Waals surface area contributed by atoms with Gasteiger partial charge in [-0.05, 0) is 73.5 Å². The van der Waals surface area contributed by atoms with Crippen LogP contribution in [-0.4, -0.2) is 50.9 Å². The average molecular weight is 618 g/mol. The fourth-order valence-electron chi connectivity index (χ4n) is 4.76. The topological polar surface area (TPSA) is 96.0 Å². The van der Waals surface area contributed by atoms with Gasteiger partial charge < -0.3 is 15.0 Å². The van der Waals surface area contributed by atoms with Gasteiger partial charge in [0.15, 0.2) is 0 Å². The van der Waals surface area contributed by atoms with Crippen LogP contribution >= 0.6 is 0 Å². The summed E-state index contributed by atoms with van der Waals surface area (Å²) in [6.45, 7) is 3.07. The van der Waals surface area contributed by atoms with Crippen LogP contribution < -0.4 is 14.4 Å². The quantitative estimate of drug-likeness (QED) is 0.223. The lowest BCUT2D eigenvalue weighted by atomic mass is 10.0. The van der Waals surface area contributed by atoms with Crippen LogP contribution in [0.25, 0.3) is 0 Å². The van der Waals surface area contributed by atoms with Gasteiger partial charge in [0.05, 0.1) is 17.7 Å². The predicted molar refractivity (Wildman–Crippen MR) is 168 cm³/mol. The molecule has 4 rings (SSSR count). The Morgan fingerprint density at radius 1 is 0.841 bits per heavy atom. The van der Waals surface area contributed by atoms with Crippen molar-refractivity contribution in [3.63, 3.8) is 0 Å². The molecule has 2 amide bonds. The number of nitrogens with one attached hydrogen (secondary N) is 1. The van der Waals surface area contributed by atoms with E-state index in [1.54, 1.807) is 48.5 Å². The third-order valence-corrected chi connectivity index (χ3v) is 8.70. The first kappa shape index (κ1) is 32.2. The molecule has 0 aliphatic heterocycles. The summed E-state index contributed by atoms with van der Waals surface area (Å²) >= 11 is 0. The molecule has 0 heterocycles. The Bertz CT molecular complexity index is 1650. The molecule has 8 nitrogen and oxygen atoms in total. The maximum atomic E-state index is 14.4. The number of benzene rings is 4. The number of amides is 2. The highest BCUT2D eigenvalue weighted by molar-refractivity contribution is 7.92. The van der Waals surface area contributed by atoms with E-state index in [4.69, 9.17) is 4.74 Å². The van der Waals surface area contributed by atoms with Gasteiger partial charge in [0, 0.05) is 19.0 Å². The summed E-state index contributed by atoms with van der Waals surface area (Å²) in [6.07, 6.45) is 0.200. The maximum absolute atomic E-state index is 14.4. The molecule has 44 heavy (non-hydrogen) atoms. The van der Waals surface area contributed by atoms with Crippen LogP contribution in [0.1, 0.15) is 25.0 Å². The van der Waals surface area contributed by atoms with E-state index in [0.29, 0.717) is 11.3 Å². The molecule has 1 atom stereocenters. The molecule has 0 saturated heterocycles. The first-order chi connectivity index (χ1) is 21.1. The van der Waals surface area contributed by atoms with Gasteiger partial charge in [-0.15, -0.1) is 0 Å². The standard InChI is InChI=1S/C34H36FN3O5S/c1-25(2)36-34(40)32(22-26-11-6-4-7-12-26)37(23-27-13-10-16-30(21-27)43-3)33(39)24-38(29-14-8-5-9-15-29)44(41,42)31-19-17-28(35)18-20-31/h4-21,25,32H,22-24H2,1-3H3,(H,36,40). The zero-order valence-corrected chi connectivity index (χ0v) is 25.7. The minimum Gasteiger partial charge on any atom is -0.497 e. The van der Waals surface area contributed by atoms with Gasteiger partial charge in [-0.25, -0.2) is 12.8 Å². The van der Waals surface area contributed by atoms with Crippen molar-refractivity contribution in [1.82, 2.24) is 10.2 Å². The van der Waals surface area contributed by atoms with Crippen LogP contribution in [0, 0.1) is 5.82 Å². The molecular weight excluding hydrogens is 581 g/mol. The highest BCUT2D eigenvalue weighted by Crippen LogP contribution is 2.25. The lowest BCUT2D eigenvalue weighted by molar-refractivity contribution is -0.140. The fraction of sp³-hybridized carbons (Fsp3) is 0.235. The molecule has 0 aliphatic rings. The number of sulfonamides is 1. The van der Waals surface area contributed by atoms with Crippen LogP contribution in [0.5, 0.6) is 5.75 Å². The summed E-state index contributed by atoms with van der Waals surface area (Å²) < 4.78 is 47.9. The number of carbonyl (C=O) groups is 2. The molecule has 10 heteroatoms. The SMILES string of the molecule is COc1cccc(CN(C(=O)CN(c2ccccc2)S(=O)(=O)c2ccc(F)cc2)C(Cc2ccccc2)C(=O)NC(C)C)c1. The minimum atomic E-state index is -4.31. The van der Waals surface area contributed by atoms with Crippen molar-refractivity contribution in [2.24, 2.45) is 0 Å². The third-order valence-electron chi connectivity index (χ3n) is 6.91. The van der Waals surface area contributed by atoms with Crippen molar-refractivity contribution >= 4 is 27.5 Å². The van der Waals surface area contributed by atoms with Crippen LogP contribution in [-0.2, 0) is 32.6 Å². The smallest absolute Gasteiger partial charge is 0.264 e. The van der Waals surface area contributed by atoms with E-state index >= 15 is 0 Å². The number of anilines is 1. The molecule has 0 fully saturated rings. The van der Waals surface area contributed by atoms with Crippen LogP contribution in [0.15, 0.2) is 114 Å². The molecule has 0 aromatic heterocycles. The number of halogens is 1. The van der Waals surface area contributed by atoms with Crippen LogP contribution in [0.3, 0.4) is 0 Å². The fourth-order valence-corrected chi connectivity index (χ4v) is 6.17. The number of nitrogens with zero attached hydrogens (tertiary/aromatic N) is 2. The lowest BCUT2D eigenvalue weighted by Gasteiger charge is -2.34. The van der Waals surface area contributed by atoms with Gasteiger partial charge in [-0.3, -0.25) is 13.9 Å².